The number of hydrogen-bond donors (Lipinski definition) is 2. The van der Waals surface area contributed by atoms with Crippen LogP contribution in [0.15, 0.2) is 36.4 Å². The molecule has 1 saturated heterocycles. The summed E-state index contributed by atoms with van der Waals surface area (Å²) in [5, 5.41) is 2.76. The molecule has 0 unspecified atom stereocenters. The smallest absolute Gasteiger partial charge is 0.221 e. The lowest BCUT2D eigenvalue weighted by Crippen LogP contribution is -2.51. The monoisotopic (exact) mass is 443 g/mol. The lowest BCUT2D eigenvalue weighted by atomic mass is 9.87. The van der Waals surface area contributed by atoms with Crippen LogP contribution in [-0.4, -0.2) is 55.8 Å². The normalized spacial score (nSPS) is 18.0. The predicted octanol–water partition coefficient (Wildman–Crippen LogP) is 2.97. The van der Waals surface area contributed by atoms with E-state index in [2.05, 4.69) is 10.2 Å². The number of hydrogen-bond acceptors (Lipinski definition) is 6. The molecule has 1 fully saturated rings. The highest BCUT2D eigenvalue weighted by molar-refractivity contribution is 5.90. The van der Waals surface area contributed by atoms with Crippen molar-refractivity contribution in [3.63, 3.8) is 0 Å². The first kappa shape index (κ1) is 22.4. The number of amides is 1. The van der Waals surface area contributed by atoms with Crippen LogP contribution in [0.5, 0.6) is 17.2 Å². The minimum atomic E-state index is -0.235. The van der Waals surface area contributed by atoms with Crippen molar-refractivity contribution < 1.29 is 23.4 Å². The van der Waals surface area contributed by atoms with E-state index < -0.39 is 0 Å². The topological polar surface area (TPSA) is 86.0 Å². The number of benzene rings is 2. The largest absolute Gasteiger partial charge is 0.497 e. The Morgan fingerprint density at radius 1 is 1.28 bits per heavy atom. The van der Waals surface area contributed by atoms with Gasteiger partial charge in [0.1, 0.15) is 35.3 Å². The Kier molecular flexibility index (Phi) is 6.53. The molecule has 2 aliphatic heterocycles. The van der Waals surface area contributed by atoms with Gasteiger partial charge in [0.25, 0.3) is 0 Å². The van der Waals surface area contributed by atoms with Crippen molar-refractivity contribution in [2.45, 2.75) is 37.8 Å². The molecule has 2 aromatic rings. The minimum absolute atomic E-state index is 0.175. The molecule has 4 rings (SSSR count). The van der Waals surface area contributed by atoms with Gasteiger partial charge in [0.2, 0.25) is 5.91 Å². The average molecular weight is 444 g/mol. The standard InChI is InChI=1S/C24H30FN3O4/c1-16(29)27-21-5-4-20(30-2)12-23(21)31-15-19(26)14-28-9-7-24(8-10-28)13-17-11-18(25)3-6-22(17)32-24/h3-6,11-12,19H,7-10,13-15,26H2,1-2H3,(H,27,29)/t19-/m1/s1. The molecular formula is C24H30FN3O4. The van der Waals surface area contributed by atoms with Crippen LogP contribution < -0.4 is 25.3 Å². The lowest BCUT2D eigenvalue weighted by Gasteiger charge is -2.39. The fourth-order valence-corrected chi connectivity index (χ4v) is 4.45. The van der Waals surface area contributed by atoms with Crippen molar-refractivity contribution >= 4 is 11.6 Å². The van der Waals surface area contributed by atoms with E-state index in [1.165, 1.54) is 13.0 Å². The maximum Gasteiger partial charge on any atom is 0.221 e. The molecule has 0 saturated carbocycles. The van der Waals surface area contributed by atoms with Crippen molar-refractivity contribution in [3.8, 4) is 17.2 Å². The molecule has 0 aliphatic carbocycles. The van der Waals surface area contributed by atoms with E-state index >= 15 is 0 Å². The molecule has 2 aliphatic rings. The maximum atomic E-state index is 13.5. The maximum absolute atomic E-state index is 13.5. The fraction of sp³-hybridized carbons (Fsp3) is 0.458. The Bertz CT molecular complexity index is 976. The molecule has 0 bridgehead atoms. The summed E-state index contributed by atoms with van der Waals surface area (Å²) in [6.45, 7) is 4.17. The molecule has 1 spiro atoms. The second-order valence-corrected chi connectivity index (χ2v) is 8.63. The number of likely N-dealkylation sites (tertiary alicyclic amines) is 1. The summed E-state index contributed by atoms with van der Waals surface area (Å²) >= 11 is 0. The number of halogens is 1. The number of carbonyl (C=O) groups is 1. The number of fused-ring (bicyclic) bond motifs is 1. The first-order valence-corrected chi connectivity index (χ1v) is 10.9. The summed E-state index contributed by atoms with van der Waals surface area (Å²) in [4.78, 5) is 13.8. The van der Waals surface area contributed by atoms with Gasteiger partial charge >= 0.3 is 0 Å². The van der Waals surface area contributed by atoms with Gasteiger partial charge in [-0.05, 0) is 30.3 Å². The van der Waals surface area contributed by atoms with Crippen molar-refractivity contribution in [1.82, 2.24) is 4.90 Å². The highest BCUT2D eigenvalue weighted by Gasteiger charge is 2.42. The Hall–Kier alpha value is -2.84. The molecule has 0 radical (unpaired) electrons. The Morgan fingerprint density at radius 3 is 2.78 bits per heavy atom. The molecule has 7 nitrogen and oxygen atoms in total. The van der Waals surface area contributed by atoms with E-state index in [1.807, 2.05) is 0 Å². The number of carbonyl (C=O) groups excluding carboxylic acids is 1. The molecule has 2 aromatic carbocycles. The molecule has 32 heavy (non-hydrogen) atoms. The van der Waals surface area contributed by atoms with Crippen molar-refractivity contribution in [2.24, 2.45) is 5.73 Å². The van der Waals surface area contributed by atoms with Gasteiger partial charge in [-0.25, -0.2) is 4.39 Å². The Labute approximate surface area is 187 Å². The summed E-state index contributed by atoms with van der Waals surface area (Å²) < 4.78 is 30.9. The fourth-order valence-electron chi connectivity index (χ4n) is 4.45. The van der Waals surface area contributed by atoms with Gasteiger partial charge in [-0.15, -0.1) is 0 Å². The van der Waals surface area contributed by atoms with Gasteiger partial charge in [0, 0.05) is 57.5 Å². The first-order chi connectivity index (χ1) is 15.4. The van der Waals surface area contributed by atoms with Crippen LogP contribution in [0.1, 0.15) is 25.3 Å². The first-order valence-electron chi connectivity index (χ1n) is 10.9. The van der Waals surface area contributed by atoms with E-state index in [-0.39, 0.29) is 23.4 Å². The number of piperidine rings is 1. The van der Waals surface area contributed by atoms with Crippen molar-refractivity contribution in [1.29, 1.82) is 0 Å². The molecule has 0 aromatic heterocycles. The molecule has 8 heteroatoms. The minimum Gasteiger partial charge on any atom is -0.497 e. The van der Waals surface area contributed by atoms with Crippen LogP contribution >= 0.6 is 0 Å². The Morgan fingerprint density at radius 2 is 2.06 bits per heavy atom. The summed E-state index contributed by atoms with van der Waals surface area (Å²) in [6.07, 6.45) is 2.50. The third-order valence-corrected chi connectivity index (χ3v) is 6.07. The summed E-state index contributed by atoms with van der Waals surface area (Å²) in [7, 11) is 1.58. The highest BCUT2D eigenvalue weighted by Crippen LogP contribution is 2.41. The van der Waals surface area contributed by atoms with Crippen molar-refractivity contribution in [2.75, 3.05) is 38.7 Å². The number of nitrogens with one attached hydrogen (secondary N) is 1. The van der Waals surface area contributed by atoms with E-state index in [9.17, 15) is 9.18 Å². The van der Waals surface area contributed by atoms with E-state index in [1.54, 1.807) is 37.4 Å². The van der Waals surface area contributed by atoms with Crippen LogP contribution in [0.2, 0.25) is 0 Å². The zero-order valence-electron chi connectivity index (χ0n) is 18.5. The molecule has 3 N–H and O–H groups in total. The van der Waals surface area contributed by atoms with Gasteiger partial charge in [-0.3, -0.25) is 4.79 Å². The van der Waals surface area contributed by atoms with E-state index in [4.69, 9.17) is 19.9 Å². The van der Waals surface area contributed by atoms with Crippen LogP contribution in [0.3, 0.4) is 0 Å². The number of rotatable bonds is 7. The lowest BCUT2D eigenvalue weighted by molar-refractivity contribution is -0.114. The number of anilines is 1. The molecular weight excluding hydrogens is 413 g/mol. The van der Waals surface area contributed by atoms with Crippen LogP contribution in [0, 0.1) is 5.82 Å². The number of methoxy groups -OCH3 is 1. The number of nitrogens with zero attached hydrogens (tertiary/aromatic N) is 1. The third kappa shape index (κ3) is 5.14. The molecule has 172 valence electrons. The Balaban J connectivity index is 1.28. The van der Waals surface area contributed by atoms with Crippen LogP contribution in [0.25, 0.3) is 0 Å². The quantitative estimate of drug-likeness (QED) is 0.684. The highest BCUT2D eigenvalue weighted by atomic mass is 19.1. The van der Waals surface area contributed by atoms with E-state index in [0.29, 0.717) is 30.3 Å². The van der Waals surface area contributed by atoms with Crippen LogP contribution in [0.4, 0.5) is 10.1 Å². The number of ether oxygens (including phenoxy) is 3. The van der Waals surface area contributed by atoms with Crippen LogP contribution in [-0.2, 0) is 11.2 Å². The molecule has 1 amide bonds. The molecule has 1 atom stereocenters. The predicted molar refractivity (Wildman–Crippen MR) is 120 cm³/mol. The second kappa shape index (κ2) is 9.34. The number of nitrogens with two attached hydrogens (primary N) is 1. The summed E-state index contributed by atoms with van der Waals surface area (Å²) in [6, 6.07) is 9.81. The zero-order chi connectivity index (χ0) is 22.7. The SMILES string of the molecule is COc1ccc(NC(C)=O)c(OC[C@H](N)CN2CCC3(CC2)Cc2cc(F)ccc2O3)c1. The molecule has 2 heterocycles. The van der Waals surface area contributed by atoms with Gasteiger partial charge in [0.15, 0.2) is 0 Å². The van der Waals surface area contributed by atoms with Gasteiger partial charge in [-0.2, -0.15) is 0 Å². The third-order valence-electron chi connectivity index (χ3n) is 6.07. The van der Waals surface area contributed by atoms with Crippen molar-refractivity contribution in [3.05, 3.63) is 47.8 Å². The second-order valence-electron chi connectivity index (χ2n) is 8.63. The van der Waals surface area contributed by atoms with Gasteiger partial charge in [0.05, 0.1) is 18.8 Å². The summed E-state index contributed by atoms with van der Waals surface area (Å²) in [5.74, 6) is 1.58. The van der Waals surface area contributed by atoms with Gasteiger partial charge < -0.3 is 30.2 Å². The summed E-state index contributed by atoms with van der Waals surface area (Å²) in [5.41, 5.74) is 7.65. The zero-order valence-corrected chi connectivity index (χ0v) is 18.5. The van der Waals surface area contributed by atoms with E-state index in [0.717, 1.165) is 43.7 Å². The average Bonchev–Trinajstić information content (AvgIpc) is 3.11. The van der Waals surface area contributed by atoms with Gasteiger partial charge in [-0.1, -0.05) is 0 Å².